The Balaban J connectivity index is 2.51. The van der Waals surface area contributed by atoms with Crippen molar-refractivity contribution in [3.63, 3.8) is 0 Å². The third-order valence-electron chi connectivity index (χ3n) is 1.81. The van der Waals surface area contributed by atoms with Crippen LogP contribution in [0.4, 0.5) is 13.2 Å². The van der Waals surface area contributed by atoms with Gasteiger partial charge in [-0.25, -0.2) is 0 Å². The molecule has 0 aliphatic heterocycles. The summed E-state index contributed by atoms with van der Waals surface area (Å²) in [6, 6.07) is 7.46. The number of rotatable bonds is 3. The van der Waals surface area contributed by atoms with E-state index in [9.17, 15) is 13.2 Å². The maximum atomic E-state index is 12.0. The number of hydrogen-bond donors (Lipinski definition) is 0. The lowest BCUT2D eigenvalue weighted by Gasteiger charge is -2.18. The van der Waals surface area contributed by atoms with Crippen LogP contribution < -0.4 is 0 Å². The van der Waals surface area contributed by atoms with Crippen molar-refractivity contribution in [2.45, 2.75) is 12.7 Å². The molecule has 0 amide bonds. The number of hydrogen-bond acceptors (Lipinski definition) is 1. The van der Waals surface area contributed by atoms with Gasteiger partial charge in [0, 0.05) is 10.1 Å². The summed E-state index contributed by atoms with van der Waals surface area (Å²) in [5, 5.41) is 0. The molecule has 0 aliphatic rings. The lowest BCUT2D eigenvalue weighted by molar-refractivity contribution is -0.144. The first-order valence-electron chi connectivity index (χ1n) is 4.36. The molecule has 0 saturated carbocycles. The third kappa shape index (κ3) is 5.36. The van der Waals surface area contributed by atoms with Crippen molar-refractivity contribution in [3.8, 4) is 0 Å². The Hall–Kier alpha value is -0.300. The summed E-state index contributed by atoms with van der Waals surface area (Å²) < 4.78 is 37.2. The van der Waals surface area contributed by atoms with E-state index in [2.05, 4.69) is 22.6 Å². The van der Waals surface area contributed by atoms with E-state index in [-0.39, 0.29) is 0 Å². The Morgan fingerprint density at radius 3 is 2.20 bits per heavy atom. The van der Waals surface area contributed by atoms with Gasteiger partial charge in [0.2, 0.25) is 0 Å². The fraction of sp³-hybridized carbons (Fsp3) is 0.400. The second-order valence-corrected chi connectivity index (χ2v) is 4.66. The minimum Gasteiger partial charge on any atom is -0.294 e. The van der Waals surface area contributed by atoms with Crippen LogP contribution in [-0.2, 0) is 6.54 Å². The predicted octanol–water partition coefficient (Wildman–Crippen LogP) is 3.29. The van der Waals surface area contributed by atoms with Crippen molar-refractivity contribution >= 4 is 22.6 Å². The zero-order chi connectivity index (χ0) is 11.5. The molecule has 0 unspecified atom stereocenters. The van der Waals surface area contributed by atoms with Gasteiger partial charge in [0.15, 0.2) is 0 Å². The molecule has 0 bridgehead atoms. The maximum absolute atomic E-state index is 12.0. The Labute approximate surface area is 100 Å². The quantitative estimate of drug-likeness (QED) is 0.770. The molecule has 0 aliphatic carbocycles. The van der Waals surface area contributed by atoms with Crippen LogP contribution >= 0.6 is 22.6 Å². The first-order valence-corrected chi connectivity index (χ1v) is 5.44. The Bertz CT molecular complexity index is 307. The fourth-order valence-electron chi connectivity index (χ4n) is 1.26. The van der Waals surface area contributed by atoms with Crippen LogP contribution in [-0.4, -0.2) is 24.7 Å². The topological polar surface area (TPSA) is 3.24 Å². The van der Waals surface area contributed by atoms with Crippen LogP contribution in [0.15, 0.2) is 24.3 Å². The van der Waals surface area contributed by atoms with Gasteiger partial charge < -0.3 is 0 Å². The molecule has 0 saturated heterocycles. The number of nitrogens with zero attached hydrogens (tertiary/aromatic N) is 1. The van der Waals surface area contributed by atoms with E-state index in [1.54, 1.807) is 0 Å². The molecule has 15 heavy (non-hydrogen) atoms. The average Bonchev–Trinajstić information content (AvgIpc) is 2.05. The molecule has 0 aromatic heterocycles. The van der Waals surface area contributed by atoms with Gasteiger partial charge in [0.05, 0.1) is 6.54 Å². The first kappa shape index (κ1) is 12.8. The molecule has 0 atom stereocenters. The van der Waals surface area contributed by atoms with Gasteiger partial charge in [0.25, 0.3) is 0 Å². The summed E-state index contributed by atoms with van der Waals surface area (Å²) in [5.41, 5.74) is 0.891. The zero-order valence-electron chi connectivity index (χ0n) is 8.18. The predicted molar refractivity (Wildman–Crippen MR) is 61.5 cm³/mol. The van der Waals surface area contributed by atoms with Crippen LogP contribution in [0.1, 0.15) is 5.56 Å². The molecule has 0 spiro atoms. The van der Waals surface area contributed by atoms with Crippen LogP contribution in [0.25, 0.3) is 0 Å². The monoisotopic (exact) mass is 329 g/mol. The largest absolute Gasteiger partial charge is 0.401 e. The highest BCUT2D eigenvalue weighted by atomic mass is 127. The summed E-state index contributed by atoms with van der Waals surface area (Å²) in [6.45, 7) is -0.560. The van der Waals surface area contributed by atoms with E-state index in [1.165, 1.54) is 11.9 Å². The fourth-order valence-corrected chi connectivity index (χ4v) is 1.62. The molecule has 0 heterocycles. The second kappa shape index (κ2) is 5.16. The van der Waals surface area contributed by atoms with Gasteiger partial charge >= 0.3 is 6.18 Å². The highest BCUT2D eigenvalue weighted by Gasteiger charge is 2.28. The third-order valence-corrected chi connectivity index (χ3v) is 2.53. The molecular formula is C10H11F3IN. The average molecular weight is 329 g/mol. The Morgan fingerprint density at radius 1 is 1.20 bits per heavy atom. The molecule has 1 rings (SSSR count). The first-order chi connectivity index (χ1) is 6.87. The van der Waals surface area contributed by atoms with Gasteiger partial charge in [-0.2, -0.15) is 13.2 Å². The van der Waals surface area contributed by atoms with E-state index >= 15 is 0 Å². The second-order valence-electron chi connectivity index (χ2n) is 3.41. The van der Waals surface area contributed by atoms with Crippen LogP contribution in [0.3, 0.4) is 0 Å². The molecule has 1 aromatic carbocycles. The number of benzene rings is 1. The van der Waals surface area contributed by atoms with E-state index in [0.29, 0.717) is 6.54 Å². The van der Waals surface area contributed by atoms with Gasteiger partial charge in [0.1, 0.15) is 0 Å². The number of alkyl halides is 3. The summed E-state index contributed by atoms with van der Waals surface area (Å²) in [5.74, 6) is 0. The lowest BCUT2D eigenvalue weighted by Crippen LogP contribution is -2.30. The van der Waals surface area contributed by atoms with Crippen molar-refractivity contribution in [1.29, 1.82) is 0 Å². The summed E-state index contributed by atoms with van der Waals surface area (Å²) in [4.78, 5) is 1.25. The van der Waals surface area contributed by atoms with Gasteiger partial charge in [-0.15, -0.1) is 0 Å². The maximum Gasteiger partial charge on any atom is 0.401 e. The minimum absolute atomic E-state index is 0.316. The molecular weight excluding hydrogens is 318 g/mol. The number of halogens is 4. The van der Waals surface area contributed by atoms with Crippen molar-refractivity contribution in [3.05, 3.63) is 33.4 Å². The smallest absolute Gasteiger partial charge is 0.294 e. The zero-order valence-corrected chi connectivity index (χ0v) is 10.3. The van der Waals surface area contributed by atoms with Crippen LogP contribution in [0.2, 0.25) is 0 Å². The van der Waals surface area contributed by atoms with Crippen LogP contribution in [0.5, 0.6) is 0 Å². The van der Waals surface area contributed by atoms with Crippen molar-refractivity contribution < 1.29 is 13.2 Å². The molecule has 0 N–H and O–H groups in total. The Morgan fingerprint density at radius 2 is 1.73 bits per heavy atom. The molecule has 84 valence electrons. The van der Waals surface area contributed by atoms with E-state index in [4.69, 9.17) is 0 Å². The highest BCUT2D eigenvalue weighted by Crippen LogP contribution is 2.17. The molecule has 1 nitrogen and oxygen atoms in total. The lowest BCUT2D eigenvalue weighted by atomic mass is 10.2. The van der Waals surface area contributed by atoms with E-state index in [1.807, 2.05) is 24.3 Å². The van der Waals surface area contributed by atoms with Gasteiger partial charge in [-0.1, -0.05) is 12.1 Å². The molecule has 0 radical (unpaired) electrons. The SMILES string of the molecule is CN(Cc1ccc(I)cc1)CC(F)(F)F. The highest BCUT2D eigenvalue weighted by molar-refractivity contribution is 14.1. The summed E-state index contributed by atoms with van der Waals surface area (Å²) in [7, 11) is 1.46. The van der Waals surface area contributed by atoms with E-state index in [0.717, 1.165) is 9.13 Å². The summed E-state index contributed by atoms with van der Waals surface area (Å²) >= 11 is 2.16. The normalized spacial score (nSPS) is 12.1. The molecule has 0 fully saturated rings. The Kier molecular flexibility index (Phi) is 4.39. The van der Waals surface area contributed by atoms with E-state index < -0.39 is 12.7 Å². The van der Waals surface area contributed by atoms with Crippen molar-refractivity contribution in [2.24, 2.45) is 0 Å². The van der Waals surface area contributed by atoms with Crippen molar-refractivity contribution in [1.82, 2.24) is 4.90 Å². The minimum atomic E-state index is -4.13. The van der Waals surface area contributed by atoms with Gasteiger partial charge in [-0.05, 0) is 47.3 Å². The van der Waals surface area contributed by atoms with Gasteiger partial charge in [-0.3, -0.25) is 4.90 Å². The molecule has 1 aromatic rings. The van der Waals surface area contributed by atoms with Crippen LogP contribution in [0, 0.1) is 3.57 Å². The standard InChI is InChI=1S/C10H11F3IN/c1-15(7-10(11,12)13)6-8-2-4-9(14)5-3-8/h2-5H,6-7H2,1H3. The van der Waals surface area contributed by atoms with Crippen molar-refractivity contribution in [2.75, 3.05) is 13.6 Å². The molecule has 5 heteroatoms. The summed E-state index contributed by atoms with van der Waals surface area (Å²) in [6.07, 6.45) is -4.13.